The Morgan fingerprint density at radius 2 is 1.60 bits per heavy atom. The van der Waals surface area contributed by atoms with Gasteiger partial charge in [-0.3, -0.25) is 4.79 Å². The number of carbonyl (C=O) groups is 1. The number of piperidine rings is 1. The number of para-hydroxylation sites is 1. The molecule has 0 aliphatic carbocycles. The van der Waals surface area contributed by atoms with Crippen LogP contribution in [0, 0.1) is 12.8 Å². The highest BCUT2D eigenvalue weighted by atomic mass is 32.2. The lowest BCUT2D eigenvalue weighted by Crippen LogP contribution is -2.41. The highest BCUT2D eigenvalue weighted by Crippen LogP contribution is 2.26. The van der Waals surface area contributed by atoms with Crippen LogP contribution >= 0.6 is 0 Å². The molecule has 0 unspecified atom stereocenters. The van der Waals surface area contributed by atoms with E-state index in [4.69, 9.17) is 4.74 Å². The van der Waals surface area contributed by atoms with Gasteiger partial charge in [-0.25, -0.2) is 8.42 Å². The third kappa shape index (κ3) is 3.91. The minimum atomic E-state index is -3.50. The van der Waals surface area contributed by atoms with Crippen LogP contribution in [0.1, 0.15) is 18.4 Å². The topological polar surface area (TPSA) is 63.7 Å². The highest BCUT2D eigenvalue weighted by Gasteiger charge is 2.33. The number of sulfonamides is 1. The summed E-state index contributed by atoms with van der Waals surface area (Å²) in [5.41, 5.74) is 0.903. The number of benzene rings is 2. The van der Waals surface area contributed by atoms with E-state index in [9.17, 15) is 13.2 Å². The fraction of sp³-hybridized carbons (Fsp3) is 0.316. The predicted octanol–water partition coefficient (Wildman–Crippen LogP) is 3.00. The zero-order chi connectivity index (χ0) is 17.9. The molecule has 1 saturated heterocycles. The second kappa shape index (κ2) is 7.37. The van der Waals surface area contributed by atoms with E-state index < -0.39 is 10.0 Å². The second-order valence-corrected chi connectivity index (χ2v) is 8.12. The minimum absolute atomic E-state index is 0.276. The van der Waals surface area contributed by atoms with Gasteiger partial charge in [0.2, 0.25) is 10.0 Å². The maximum absolute atomic E-state index is 12.6. The fourth-order valence-corrected chi connectivity index (χ4v) is 4.43. The monoisotopic (exact) mass is 359 g/mol. The lowest BCUT2D eigenvalue weighted by Gasteiger charge is -2.30. The summed E-state index contributed by atoms with van der Waals surface area (Å²) in [4.78, 5) is 12.6. The van der Waals surface area contributed by atoms with Gasteiger partial charge in [0.25, 0.3) is 0 Å². The number of esters is 1. The van der Waals surface area contributed by atoms with E-state index in [-0.39, 0.29) is 16.8 Å². The van der Waals surface area contributed by atoms with Gasteiger partial charge in [-0.2, -0.15) is 4.31 Å². The van der Waals surface area contributed by atoms with Crippen LogP contribution < -0.4 is 4.74 Å². The Labute approximate surface area is 148 Å². The molecular weight excluding hydrogens is 338 g/mol. The lowest BCUT2D eigenvalue weighted by atomic mass is 9.98. The Morgan fingerprint density at radius 1 is 1.00 bits per heavy atom. The lowest BCUT2D eigenvalue weighted by molar-refractivity contribution is -0.140. The molecule has 2 aromatic carbocycles. The van der Waals surface area contributed by atoms with E-state index in [1.807, 2.05) is 25.1 Å². The van der Waals surface area contributed by atoms with Crippen molar-refractivity contribution >= 4 is 16.0 Å². The van der Waals surface area contributed by atoms with E-state index in [1.54, 1.807) is 36.4 Å². The average Bonchev–Trinajstić information content (AvgIpc) is 2.64. The second-order valence-electron chi connectivity index (χ2n) is 6.18. The number of nitrogens with zero attached hydrogens (tertiary/aromatic N) is 1. The molecule has 25 heavy (non-hydrogen) atoms. The Balaban J connectivity index is 1.62. The average molecular weight is 359 g/mol. The number of aryl methyl sites for hydroxylation is 1. The molecule has 3 rings (SSSR count). The van der Waals surface area contributed by atoms with Gasteiger partial charge in [0.1, 0.15) is 5.75 Å². The van der Waals surface area contributed by atoms with Crippen LogP contribution in [0.4, 0.5) is 0 Å². The van der Waals surface area contributed by atoms with Crippen LogP contribution in [0.2, 0.25) is 0 Å². The van der Waals surface area contributed by atoms with Crippen molar-refractivity contribution in [2.75, 3.05) is 13.1 Å². The van der Waals surface area contributed by atoms with Gasteiger partial charge in [0.05, 0.1) is 10.8 Å². The first kappa shape index (κ1) is 17.6. The van der Waals surface area contributed by atoms with Crippen LogP contribution in [-0.4, -0.2) is 31.8 Å². The van der Waals surface area contributed by atoms with E-state index in [2.05, 4.69) is 0 Å². The first-order chi connectivity index (χ1) is 12.0. The summed E-state index contributed by atoms with van der Waals surface area (Å²) in [5.74, 6) is -0.000254. The smallest absolute Gasteiger partial charge is 0.314 e. The van der Waals surface area contributed by atoms with Gasteiger partial charge in [0, 0.05) is 13.1 Å². The van der Waals surface area contributed by atoms with Crippen molar-refractivity contribution in [1.29, 1.82) is 0 Å². The zero-order valence-electron chi connectivity index (χ0n) is 14.1. The maximum Gasteiger partial charge on any atom is 0.314 e. The maximum atomic E-state index is 12.6. The van der Waals surface area contributed by atoms with Crippen molar-refractivity contribution in [3.8, 4) is 5.75 Å². The molecular formula is C19H21NO4S. The van der Waals surface area contributed by atoms with Crippen LogP contribution in [0.15, 0.2) is 59.5 Å². The minimum Gasteiger partial charge on any atom is -0.426 e. The quantitative estimate of drug-likeness (QED) is 0.622. The Bertz CT molecular complexity index is 841. The Morgan fingerprint density at radius 3 is 2.24 bits per heavy atom. The molecule has 0 spiro atoms. The Kier molecular flexibility index (Phi) is 5.20. The first-order valence-corrected chi connectivity index (χ1v) is 9.75. The van der Waals surface area contributed by atoms with Gasteiger partial charge in [-0.05, 0) is 43.5 Å². The largest absolute Gasteiger partial charge is 0.426 e. The van der Waals surface area contributed by atoms with Gasteiger partial charge in [-0.15, -0.1) is 0 Å². The molecule has 0 radical (unpaired) electrons. The molecule has 6 heteroatoms. The van der Waals surface area contributed by atoms with E-state index in [0.29, 0.717) is 31.7 Å². The molecule has 1 heterocycles. The van der Waals surface area contributed by atoms with Crippen molar-refractivity contribution in [3.63, 3.8) is 0 Å². The van der Waals surface area contributed by atoms with Gasteiger partial charge in [0.15, 0.2) is 0 Å². The molecule has 0 atom stereocenters. The van der Waals surface area contributed by atoms with Crippen molar-refractivity contribution in [2.24, 2.45) is 5.92 Å². The van der Waals surface area contributed by atoms with Crippen molar-refractivity contribution < 1.29 is 17.9 Å². The molecule has 2 aromatic rings. The predicted molar refractivity (Wildman–Crippen MR) is 94.7 cm³/mol. The molecule has 1 fully saturated rings. The Hall–Kier alpha value is -2.18. The molecule has 132 valence electrons. The van der Waals surface area contributed by atoms with Crippen LogP contribution in [0.25, 0.3) is 0 Å². The molecule has 1 aliphatic rings. The van der Waals surface area contributed by atoms with Crippen LogP contribution in [0.5, 0.6) is 5.75 Å². The first-order valence-electron chi connectivity index (χ1n) is 8.31. The SMILES string of the molecule is Cc1ccccc1OC(=O)C1CCN(S(=O)(=O)c2ccccc2)CC1. The summed E-state index contributed by atoms with van der Waals surface area (Å²) >= 11 is 0. The summed E-state index contributed by atoms with van der Waals surface area (Å²) in [6.07, 6.45) is 0.938. The third-order valence-corrected chi connectivity index (χ3v) is 6.39. The summed E-state index contributed by atoms with van der Waals surface area (Å²) in [6.45, 7) is 2.53. The summed E-state index contributed by atoms with van der Waals surface area (Å²) in [6, 6.07) is 15.7. The van der Waals surface area contributed by atoms with Crippen molar-refractivity contribution in [1.82, 2.24) is 4.31 Å². The highest BCUT2D eigenvalue weighted by molar-refractivity contribution is 7.89. The number of rotatable bonds is 4. The normalized spacial score (nSPS) is 16.5. The molecule has 0 aromatic heterocycles. The number of hydrogen-bond acceptors (Lipinski definition) is 4. The van der Waals surface area contributed by atoms with Crippen LogP contribution in [-0.2, 0) is 14.8 Å². The molecule has 0 saturated carbocycles. The van der Waals surface area contributed by atoms with Crippen LogP contribution in [0.3, 0.4) is 0 Å². The molecule has 0 bridgehead atoms. The van der Waals surface area contributed by atoms with Gasteiger partial charge >= 0.3 is 5.97 Å². The molecule has 0 amide bonds. The number of ether oxygens (including phenoxy) is 1. The summed E-state index contributed by atoms with van der Waals surface area (Å²) < 4.78 is 32.1. The number of hydrogen-bond donors (Lipinski definition) is 0. The molecule has 5 nitrogen and oxygen atoms in total. The fourth-order valence-electron chi connectivity index (χ4n) is 2.94. The van der Waals surface area contributed by atoms with Gasteiger partial charge in [-0.1, -0.05) is 36.4 Å². The molecule has 0 N–H and O–H groups in total. The summed E-state index contributed by atoms with van der Waals surface area (Å²) in [5, 5.41) is 0. The van der Waals surface area contributed by atoms with E-state index in [0.717, 1.165) is 5.56 Å². The standard InChI is InChI=1S/C19H21NO4S/c1-15-7-5-6-10-18(15)24-19(21)16-11-13-20(14-12-16)25(22,23)17-8-3-2-4-9-17/h2-10,16H,11-14H2,1H3. The van der Waals surface area contributed by atoms with Gasteiger partial charge < -0.3 is 4.74 Å². The van der Waals surface area contributed by atoms with Crippen molar-refractivity contribution in [2.45, 2.75) is 24.7 Å². The zero-order valence-corrected chi connectivity index (χ0v) is 14.9. The summed E-state index contributed by atoms with van der Waals surface area (Å²) in [7, 11) is -3.50. The number of carbonyl (C=O) groups excluding carboxylic acids is 1. The van der Waals surface area contributed by atoms with E-state index >= 15 is 0 Å². The van der Waals surface area contributed by atoms with Crippen molar-refractivity contribution in [3.05, 3.63) is 60.2 Å². The third-order valence-electron chi connectivity index (χ3n) is 4.47. The van der Waals surface area contributed by atoms with E-state index in [1.165, 1.54) is 4.31 Å². The molecule has 1 aliphatic heterocycles.